The van der Waals surface area contributed by atoms with Crippen LogP contribution in [0.4, 0.5) is 16.2 Å². The summed E-state index contributed by atoms with van der Waals surface area (Å²) in [6.45, 7) is 3.80. The molecule has 26 heavy (non-hydrogen) atoms. The van der Waals surface area contributed by atoms with Crippen molar-refractivity contribution in [3.05, 3.63) is 58.6 Å². The molecule has 0 spiro atoms. The third-order valence-electron chi connectivity index (χ3n) is 4.40. The summed E-state index contributed by atoms with van der Waals surface area (Å²) in [5.74, 6) is 0.174. The molecule has 0 bridgehead atoms. The molecule has 3 amide bonds. The van der Waals surface area contributed by atoms with Crippen LogP contribution in [0.3, 0.4) is 0 Å². The first-order valence-corrected chi connectivity index (χ1v) is 9.04. The van der Waals surface area contributed by atoms with Gasteiger partial charge < -0.3 is 16.0 Å². The van der Waals surface area contributed by atoms with Gasteiger partial charge >= 0.3 is 6.03 Å². The van der Waals surface area contributed by atoms with Gasteiger partial charge in [0.25, 0.3) is 0 Å². The molecule has 1 aliphatic carbocycles. The summed E-state index contributed by atoms with van der Waals surface area (Å²) in [6.07, 6.45) is 1.90. The fourth-order valence-corrected chi connectivity index (χ4v) is 2.84. The Morgan fingerprint density at radius 2 is 1.88 bits per heavy atom. The number of anilines is 2. The summed E-state index contributed by atoms with van der Waals surface area (Å²) in [7, 11) is 0. The Kier molecular flexibility index (Phi) is 5.47. The van der Waals surface area contributed by atoms with E-state index in [1.807, 2.05) is 44.2 Å². The molecule has 3 rings (SSSR count). The van der Waals surface area contributed by atoms with Gasteiger partial charge in [-0.15, -0.1) is 0 Å². The molecule has 5 nitrogen and oxygen atoms in total. The lowest BCUT2D eigenvalue weighted by Crippen LogP contribution is -2.31. The number of urea groups is 1. The van der Waals surface area contributed by atoms with Crippen LogP contribution in [-0.2, 0) is 4.79 Å². The topological polar surface area (TPSA) is 70.2 Å². The van der Waals surface area contributed by atoms with Gasteiger partial charge in [0.05, 0.1) is 6.04 Å². The van der Waals surface area contributed by atoms with Crippen molar-refractivity contribution in [2.75, 3.05) is 10.6 Å². The van der Waals surface area contributed by atoms with Crippen molar-refractivity contribution in [1.82, 2.24) is 5.32 Å². The standard InChI is InChI=1S/C20H22ClN3O2/c1-12-6-9-17(23-19(25)14-7-8-14)11-18(12)24-20(26)22-13(2)15-4-3-5-16(21)10-15/h3-6,9-11,13-14H,7-8H2,1-2H3,(H,23,25)(H2,22,24,26)/t13-/m0/s1. The molecule has 3 N–H and O–H groups in total. The van der Waals surface area contributed by atoms with Gasteiger partial charge in [-0.3, -0.25) is 4.79 Å². The van der Waals surface area contributed by atoms with E-state index in [2.05, 4.69) is 16.0 Å². The van der Waals surface area contributed by atoms with Crippen LogP contribution in [0.25, 0.3) is 0 Å². The van der Waals surface area contributed by atoms with Gasteiger partial charge in [0.2, 0.25) is 5.91 Å². The van der Waals surface area contributed by atoms with Crippen molar-refractivity contribution in [1.29, 1.82) is 0 Å². The zero-order valence-electron chi connectivity index (χ0n) is 14.8. The number of rotatable bonds is 5. The molecule has 0 aliphatic heterocycles. The lowest BCUT2D eigenvalue weighted by atomic mass is 10.1. The minimum atomic E-state index is -0.314. The fraction of sp³-hybridized carbons (Fsp3) is 0.300. The minimum Gasteiger partial charge on any atom is -0.331 e. The number of carbonyl (C=O) groups excluding carboxylic acids is 2. The highest BCUT2D eigenvalue weighted by Gasteiger charge is 2.29. The monoisotopic (exact) mass is 371 g/mol. The maximum atomic E-state index is 12.3. The highest BCUT2D eigenvalue weighted by atomic mass is 35.5. The Labute approximate surface area is 158 Å². The maximum Gasteiger partial charge on any atom is 0.319 e. The molecular formula is C20H22ClN3O2. The van der Waals surface area contributed by atoms with Crippen LogP contribution >= 0.6 is 11.6 Å². The molecule has 2 aromatic rings. The molecule has 0 unspecified atom stereocenters. The molecule has 136 valence electrons. The Morgan fingerprint density at radius 3 is 2.58 bits per heavy atom. The SMILES string of the molecule is Cc1ccc(NC(=O)C2CC2)cc1NC(=O)N[C@@H](C)c1cccc(Cl)c1. The largest absolute Gasteiger partial charge is 0.331 e. The molecule has 1 aliphatic rings. The molecule has 0 radical (unpaired) electrons. The Bertz CT molecular complexity index is 834. The van der Waals surface area contributed by atoms with E-state index in [0.717, 1.165) is 24.0 Å². The molecular weight excluding hydrogens is 350 g/mol. The second-order valence-corrected chi connectivity index (χ2v) is 7.10. The van der Waals surface area contributed by atoms with Crippen LogP contribution in [0, 0.1) is 12.8 Å². The number of amides is 3. The molecule has 0 aromatic heterocycles. The number of hydrogen-bond donors (Lipinski definition) is 3. The van der Waals surface area contributed by atoms with Gasteiger partial charge in [0, 0.05) is 22.3 Å². The molecule has 2 aromatic carbocycles. The Balaban J connectivity index is 1.63. The minimum absolute atomic E-state index is 0.0406. The lowest BCUT2D eigenvalue weighted by molar-refractivity contribution is -0.117. The van der Waals surface area contributed by atoms with Gasteiger partial charge in [-0.25, -0.2) is 4.79 Å². The summed E-state index contributed by atoms with van der Waals surface area (Å²) in [6, 6.07) is 12.4. The van der Waals surface area contributed by atoms with E-state index in [4.69, 9.17) is 11.6 Å². The van der Waals surface area contributed by atoms with Crippen LogP contribution in [0.1, 0.15) is 36.9 Å². The van der Waals surface area contributed by atoms with E-state index in [1.54, 1.807) is 12.1 Å². The van der Waals surface area contributed by atoms with Gasteiger partial charge in [0.1, 0.15) is 0 Å². The van der Waals surface area contributed by atoms with Crippen molar-refractivity contribution in [3.8, 4) is 0 Å². The first-order valence-electron chi connectivity index (χ1n) is 8.67. The van der Waals surface area contributed by atoms with Gasteiger partial charge in [0.15, 0.2) is 0 Å². The van der Waals surface area contributed by atoms with Gasteiger partial charge in [-0.1, -0.05) is 29.8 Å². The van der Waals surface area contributed by atoms with Crippen molar-refractivity contribution >= 4 is 34.9 Å². The normalized spacial score (nSPS) is 14.4. The molecule has 1 fully saturated rings. The Morgan fingerprint density at radius 1 is 1.12 bits per heavy atom. The summed E-state index contributed by atoms with van der Waals surface area (Å²) in [5.41, 5.74) is 3.19. The number of nitrogens with one attached hydrogen (secondary N) is 3. The van der Waals surface area contributed by atoms with Gasteiger partial charge in [-0.05, 0) is 62.1 Å². The number of aryl methyl sites for hydroxylation is 1. The summed E-state index contributed by atoms with van der Waals surface area (Å²) < 4.78 is 0. The van der Waals surface area contributed by atoms with E-state index < -0.39 is 0 Å². The maximum absolute atomic E-state index is 12.3. The first-order chi connectivity index (χ1) is 12.4. The molecule has 0 heterocycles. The van der Waals surface area contributed by atoms with E-state index in [9.17, 15) is 9.59 Å². The molecule has 1 atom stereocenters. The van der Waals surface area contributed by atoms with E-state index >= 15 is 0 Å². The van der Waals surface area contributed by atoms with E-state index in [0.29, 0.717) is 16.4 Å². The average Bonchev–Trinajstić information content (AvgIpc) is 3.43. The predicted octanol–water partition coefficient (Wildman–Crippen LogP) is 4.88. The predicted molar refractivity (Wildman–Crippen MR) is 105 cm³/mol. The van der Waals surface area contributed by atoms with Crippen molar-refractivity contribution in [2.24, 2.45) is 5.92 Å². The second kappa shape index (κ2) is 7.79. The third-order valence-corrected chi connectivity index (χ3v) is 4.63. The highest BCUT2D eigenvalue weighted by molar-refractivity contribution is 6.30. The highest BCUT2D eigenvalue weighted by Crippen LogP contribution is 2.31. The number of benzene rings is 2. The number of halogens is 1. The number of hydrogen-bond acceptors (Lipinski definition) is 2. The average molecular weight is 372 g/mol. The van der Waals surface area contributed by atoms with Crippen LogP contribution in [0.15, 0.2) is 42.5 Å². The zero-order valence-corrected chi connectivity index (χ0v) is 15.6. The zero-order chi connectivity index (χ0) is 18.7. The van der Waals surface area contributed by atoms with Crippen LogP contribution in [0.2, 0.25) is 5.02 Å². The van der Waals surface area contributed by atoms with Crippen molar-refractivity contribution in [3.63, 3.8) is 0 Å². The van der Waals surface area contributed by atoms with Gasteiger partial charge in [-0.2, -0.15) is 0 Å². The summed E-state index contributed by atoms with van der Waals surface area (Å²) >= 11 is 6.00. The van der Waals surface area contributed by atoms with Crippen LogP contribution in [-0.4, -0.2) is 11.9 Å². The quantitative estimate of drug-likeness (QED) is 0.701. The summed E-state index contributed by atoms with van der Waals surface area (Å²) in [4.78, 5) is 24.2. The fourth-order valence-electron chi connectivity index (χ4n) is 2.64. The second-order valence-electron chi connectivity index (χ2n) is 6.67. The molecule has 1 saturated carbocycles. The van der Waals surface area contributed by atoms with Crippen molar-refractivity contribution < 1.29 is 9.59 Å². The van der Waals surface area contributed by atoms with Crippen LogP contribution < -0.4 is 16.0 Å². The van der Waals surface area contributed by atoms with E-state index in [-0.39, 0.29) is 23.9 Å². The third kappa shape index (κ3) is 4.76. The summed E-state index contributed by atoms with van der Waals surface area (Å²) in [5, 5.41) is 9.26. The molecule has 6 heteroatoms. The number of carbonyl (C=O) groups is 2. The van der Waals surface area contributed by atoms with Crippen LogP contribution in [0.5, 0.6) is 0 Å². The van der Waals surface area contributed by atoms with E-state index in [1.165, 1.54) is 0 Å². The molecule has 0 saturated heterocycles. The Hall–Kier alpha value is -2.53. The smallest absolute Gasteiger partial charge is 0.319 e. The lowest BCUT2D eigenvalue weighted by Gasteiger charge is -2.17. The first kappa shape index (κ1) is 18.3. The van der Waals surface area contributed by atoms with Crippen molar-refractivity contribution in [2.45, 2.75) is 32.7 Å².